The lowest BCUT2D eigenvalue weighted by Crippen LogP contribution is -2.60. The Hall–Kier alpha value is -1.61. The second-order valence-electron chi connectivity index (χ2n) is 15.0. The lowest BCUT2D eigenvalue weighted by molar-refractivity contribution is -0.297. The Kier molecular flexibility index (Phi) is 30.3. The van der Waals surface area contributed by atoms with Crippen molar-refractivity contribution in [2.45, 2.75) is 218 Å². The summed E-state index contributed by atoms with van der Waals surface area (Å²) in [4.78, 5) is 25.3. The van der Waals surface area contributed by atoms with Crippen molar-refractivity contribution in [1.29, 1.82) is 0 Å². The molecule has 0 saturated carbocycles. The van der Waals surface area contributed by atoms with E-state index in [1.807, 2.05) is 0 Å². The monoisotopic (exact) mass is 793 g/mol. The van der Waals surface area contributed by atoms with Crippen molar-refractivity contribution >= 4 is 22.1 Å². The summed E-state index contributed by atoms with van der Waals surface area (Å²) >= 11 is 0. The Morgan fingerprint density at radius 2 is 1.06 bits per heavy atom. The highest BCUT2D eigenvalue weighted by molar-refractivity contribution is 7.85. The molecule has 1 heterocycles. The van der Waals surface area contributed by atoms with Crippen LogP contribution in [0.25, 0.3) is 0 Å². The zero-order chi connectivity index (χ0) is 39.9. The van der Waals surface area contributed by atoms with Gasteiger partial charge in [0.2, 0.25) is 0 Å². The number of hydrogen-bond donors (Lipinski definition) is 4. The number of aliphatic hydroxyl groups is 3. The molecule has 13 heteroatoms. The molecule has 0 aromatic rings. The summed E-state index contributed by atoms with van der Waals surface area (Å²) in [7, 11) is -4.60. The van der Waals surface area contributed by atoms with Crippen LogP contribution in [-0.4, -0.2) is 96.0 Å². The van der Waals surface area contributed by atoms with Crippen LogP contribution in [0.1, 0.15) is 181 Å². The van der Waals surface area contributed by atoms with Crippen LogP contribution in [0.15, 0.2) is 12.2 Å². The Morgan fingerprint density at radius 1 is 0.611 bits per heavy atom. The van der Waals surface area contributed by atoms with Crippen molar-refractivity contribution in [2.24, 2.45) is 0 Å². The molecule has 0 aromatic carbocycles. The third kappa shape index (κ3) is 27.1. The van der Waals surface area contributed by atoms with E-state index in [-0.39, 0.29) is 19.4 Å². The van der Waals surface area contributed by atoms with Gasteiger partial charge in [0.15, 0.2) is 12.4 Å². The highest BCUT2D eigenvalue weighted by Crippen LogP contribution is 2.24. The lowest BCUT2D eigenvalue weighted by atomic mass is 10.00. The fraction of sp³-hybridized carbons (Fsp3) is 0.902. The number of unbranched alkanes of at least 4 members (excludes halogenated alkanes) is 21. The Morgan fingerprint density at radius 3 is 1.57 bits per heavy atom. The molecule has 12 nitrogen and oxygen atoms in total. The lowest BCUT2D eigenvalue weighted by Gasteiger charge is -2.40. The van der Waals surface area contributed by atoms with E-state index in [2.05, 4.69) is 26.0 Å². The van der Waals surface area contributed by atoms with Gasteiger partial charge >= 0.3 is 11.9 Å². The topological polar surface area (TPSA) is 186 Å². The first-order chi connectivity index (χ1) is 26.0. The van der Waals surface area contributed by atoms with E-state index in [0.717, 1.165) is 57.8 Å². The highest BCUT2D eigenvalue weighted by Gasteiger charge is 2.46. The minimum Gasteiger partial charge on any atom is -0.462 e. The fourth-order valence-corrected chi connectivity index (χ4v) is 7.19. The molecule has 0 aromatic heterocycles. The average Bonchev–Trinajstić information content (AvgIpc) is 3.13. The molecule has 1 rings (SSSR count). The zero-order valence-electron chi connectivity index (χ0n) is 33.6. The van der Waals surface area contributed by atoms with Gasteiger partial charge in [-0.3, -0.25) is 14.1 Å². The molecule has 1 fully saturated rings. The molecule has 4 N–H and O–H groups in total. The van der Waals surface area contributed by atoms with Gasteiger partial charge in [-0.05, 0) is 38.5 Å². The van der Waals surface area contributed by atoms with Gasteiger partial charge in [-0.1, -0.05) is 142 Å². The number of rotatable bonds is 35. The number of ether oxygens (including phenoxy) is 4. The Labute approximate surface area is 326 Å². The van der Waals surface area contributed by atoms with Crippen molar-refractivity contribution in [2.75, 3.05) is 19.0 Å². The Balaban J connectivity index is 2.48. The van der Waals surface area contributed by atoms with E-state index in [9.17, 15) is 37.9 Å². The Bertz CT molecular complexity index is 1070. The van der Waals surface area contributed by atoms with Gasteiger partial charge in [0.1, 0.15) is 36.8 Å². The summed E-state index contributed by atoms with van der Waals surface area (Å²) in [6, 6.07) is 0. The number of hydrogen-bond acceptors (Lipinski definition) is 11. The van der Waals surface area contributed by atoms with E-state index in [0.29, 0.717) is 12.8 Å². The van der Waals surface area contributed by atoms with Gasteiger partial charge < -0.3 is 34.3 Å². The molecule has 0 amide bonds. The second kappa shape index (κ2) is 32.5. The van der Waals surface area contributed by atoms with Gasteiger partial charge in [0.05, 0.1) is 6.61 Å². The molecule has 0 radical (unpaired) electrons. The summed E-state index contributed by atoms with van der Waals surface area (Å²) in [5.41, 5.74) is 0. The van der Waals surface area contributed by atoms with Crippen LogP contribution < -0.4 is 0 Å². The standard InChI is InChI=1S/C41H76O12S/c1-3-5-7-9-11-13-15-17-18-20-21-23-25-27-29-36(42)50-31-34(32-51-41-40(46)39(45)38(44)35(53-41)33-54(47,48)49)52-37(43)30-28-26-24-22-19-16-14-12-10-8-6-4-2/h12,14,34-35,38-41,44-46H,3-11,13,15-33H2,1-2H3,(H,47,48,49)/b14-12-. The normalized spacial score (nSPS) is 21.0. The van der Waals surface area contributed by atoms with Gasteiger partial charge in [-0.2, -0.15) is 8.42 Å². The number of carbonyl (C=O) groups is 2. The maximum Gasteiger partial charge on any atom is 0.306 e. The molecular weight excluding hydrogens is 717 g/mol. The predicted molar refractivity (Wildman–Crippen MR) is 210 cm³/mol. The van der Waals surface area contributed by atoms with Crippen LogP contribution in [0.2, 0.25) is 0 Å². The minimum absolute atomic E-state index is 0.157. The quantitative estimate of drug-likeness (QED) is 0.0211. The van der Waals surface area contributed by atoms with E-state index >= 15 is 0 Å². The van der Waals surface area contributed by atoms with Gasteiger partial charge in [0.25, 0.3) is 10.1 Å². The third-order valence-electron chi connectivity index (χ3n) is 9.85. The molecule has 1 saturated heterocycles. The van der Waals surface area contributed by atoms with Crippen molar-refractivity contribution in [1.82, 2.24) is 0 Å². The van der Waals surface area contributed by atoms with Crippen LogP contribution in [0, 0.1) is 0 Å². The molecule has 54 heavy (non-hydrogen) atoms. The molecule has 0 aliphatic carbocycles. The van der Waals surface area contributed by atoms with Gasteiger partial charge in [-0.25, -0.2) is 0 Å². The van der Waals surface area contributed by atoms with Crippen molar-refractivity contribution in [3.05, 3.63) is 12.2 Å². The summed E-state index contributed by atoms with van der Waals surface area (Å²) in [5.74, 6) is -1.99. The third-order valence-corrected chi connectivity index (χ3v) is 10.6. The second-order valence-corrected chi connectivity index (χ2v) is 16.5. The molecule has 6 unspecified atom stereocenters. The molecule has 6 atom stereocenters. The van der Waals surface area contributed by atoms with E-state index in [4.69, 9.17) is 18.9 Å². The summed E-state index contributed by atoms with van der Waals surface area (Å²) in [6.45, 7) is 3.72. The fourth-order valence-electron chi connectivity index (χ4n) is 6.49. The number of allylic oxidation sites excluding steroid dienone is 2. The average molecular weight is 793 g/mol. The van der Waals surface area contributed by atoms with Crippen LogP contribution in [0.3, 0.4) is 0 Å². The molecular formula is C41H76O12S. The summed E-state index contributed by atoms with van der Waals surface area (Å²) in [5, 5.41) is 30.8. The molecule has 0 bridgehead atoms. The van der Waals surface area contributed by atoms with Crippen molar-refractivity contribution in [3.63, 3.8) is 0 Å². The molecule has 1 aliphatic rings. The molecule has 318 valence electrons. The van der Waals surface area contributed by atoms with Crippen molar-refractivity contribution in [3.8, 4) is 0 Å². The maximum atomic E-state index is 12.7. The van der Waals surface area contributed by atoms with Gasteiger partial charge in [-0.15, -0.1) is 0 Å². The zero-order valence-corrected chi connectivity index (χ0v) is 34.4. The first-order valence-electron chi connectivity index (χ1n) is 21.2. The molecule has 1 aliphatic heterocycles. The van der Waals surface area contributed by atoms with Crippen LogP contribution in [0.5, 0.6) is 0 Å². The largest absolute Gasteiger partial charge is 0.462 e. The number of aliphatic hydroxyl groups excluding tert-OH is 3. The van der Waals surface area contributed by atoms with E-state index < -0.39 is 71.2 Å². The first kappa shape index (κ1) is 50.4. The van der Waals surface area contributed by atoms with Crippen LogP contribution >= 0.6 is 0 Å². The van der Waals surface area contributed by atoms with E-state index in [1.165, 1.54) is 83.5 Å². The summed E-state index contributed by atoms with van der Waals surface area (Å²) in [6.07, 6.45) is 22.6. The molecule has 0 spiro atoms. The smallest absolute Gasteiger partial charge is 0.306 e. The number of carbonyl (C=O) groups excluding carboxylic acids is 2. The van der Waals surface area contributed by atoms with Gasteiger partial charge in [0, 0.05) is 12.8 Å². The highest BCUT2D eigenvalue weighted by atomic mass is 32.2. The van der Waals surface area contributed by atoms with Crippen molar-refractivity contribution < 1.29 is 56.8 Å². The SMILES string of the molecule is CCCCC/C=C\CCCCCCCC(=O)OC(COC(=O)CCCCCCCCCCCCCCCC)COC1OC(CS(=O)(=O)O)C(O)C(O)C1O. The predicted octanol–water partition coefficient (Wildman–Crippen LogP) is 7.89. The first-order valence-corrected chi connectivity index (χ1v) is 22.9. The summed E-state index contributed by atoms with van der Waals surface area (Å²) < 4.78 is 53.9. The van der Waals surface area contributed by atoms with E-state index in [1.54, 1.807) is 0 Å². The van der Waals surface area contributed by atoms with Crippen LogP contribution in [0.4, 0.5) is 0 Å². The number of esters is 2. The minimum atomic E-state index is -4.60. The maximum absolute atomic E-state index is 12.7. The van der Waals surface area contributed by atoms with Crippen LogP contribution in [-0.2, 0) is 38.7 Å².